The average Bonchev–Trinajstić information content (AvgIpc) is 2.26. The van der Waals surface area contributed by atoms with Gasteiger partial charge in [0.25, 0.3) is 0 Å². The maximum absolute atomic E-state index is 11.0. The van der Waals surface area contributed by atoms with Gasteiger partial charge in [-0.25, -0.2) is 0 Å². The van der Waals surface area contributed by atoms with E-state index in [-0.39, 0.29) is 18.1 Å². The van der Waals surface area contributed by atoms with E-state index in [1.165, 1.54) is 0 Å². The summed E-state index contributed by atoms with van der Waals surface area (Å²) >= 11 is 0. The largest absolute Gasteiger partial charge is 0.481 e. The van der Waals surface area contributed by atoms with Gasteiger partial charge in [-0.15, -0.1) is 0 Å². The number of hydrogen-bond acceptors (Lipinski definition) is 3. The SMILES string of the molecule is CCCNC1(CC(=O)O)CCCC(OC)C1. The standard InChI is InChI=1S/C12H23NO3/c1-3-7-13-12(9-11(14)15)6-4-5-10(8-12)16-2/h10,13H,3-9H2,1-2H3,(H,14,15). The number of aliphatic carboxylic acids is 1. The summed E-state index contributed by atoms with van der Waals surface area (Å²) in [5, 5.41) is 12.4. The fraction of sp³-hybridized carbons (Fsp3) is 0.917. The number of carboxylic acids is 1. The van der Waals surface area contributed by atoms with Crippen molar-refractivity contribution in [1.82, 2.24) is 5.32 Å². The van der Waals surface area contributed by atoms with Crippen LogP contribution in [0.15, 0.2) is 0 Å². The predicted octanol–water partition coefficient (Wildman–Crippen LogP) is 1.79. The normalized spacial score (nSPS) is 30.2. The van der Waals surface area contributed by atoms with E-state index in [0.717, 1.165) is 38.6 Å². The average molecular weight is 229 g/mol. The summed E-state index contributed by atoms with van der Waals surface area (Å²) in [5.41, 5.74) is -0.249. The molecule has 0 aromatic rings. The Bertz CT molecular complexity index is 232. The Morgan fingerprint density at radius 1 is 1.62 bits per heavy atom. The molecule has 1 aliphatic rings. The topological polar surface area (TPSA) is 58.6 Å². The number of methoxy groups -OCH3 is 1. The van der Waals surface area contributed by atoms with Crippen molar-refractivity contribution in [1.29, 1.82) is 0 Å². The van der Waals surface area contributed by atoms with Gasteiger partial charge in [0.05, 0.1) is 12.5 Å². The molecule has 4 heteroatoms. The monoisotopic (exact) mass is 229 g/mol. The molecular formula is C12H23NO3. The van der Waals surface area contributed by atoms with E-state index in [1.807, 2.05) is 0 Å². The third-order valence-electron chi connectivity index (χ3n) is 3.37. The second-order valence-corrected chi connectivity index (χ2v) is 4.73. The van der Waals surface area contributed by atoms with Crippen LogP contribution in [0.5, 0.6) is 0 Å². The molecule has 1 rings (SSSR count). The minimum absolute atomic E-state index is 0.201. The van der Waals surface area contributed by atoms with Crippen LogP contribution in [0.3, 0.4) is 0 Å². The van der Waals surface area contributed by atoms with Gasteiger partial charge in [-0.2, -0.15) is 0 Å². The zero-order chi connectivity index (χ0) is 12.0. The van der Waals surface area contributed by atoms with Gasteiger partial charge in [0.1, 0.15) is 0 Å². The van der Waals surface area contributed by atoms with Crippen LogP contribution in [-0.4, -0.2) is 36.4 Å². The van der Waals surface area contributed by atoms with Gasteiger partial charge in [-0.1, -0.05) is 6.92 Å². The molecule has 2 N–H and O–H groups in total. The second-order valence-electron chi connectivity index (χ2n) is 4.73. The van der Waals surface area contributed by atoms with E-state index in [1.54, 1.807) is 7.11 Å². The molecule has 16 heavy (non-hydrogen) atoms. The predicted molar refractivity (Wildman–Crippen MR) is 62.5 cm³/mol. The summed E-state index contributed by atoms with van der Waals surface area (Å²) in [7, 11) is 1.71. The van der Waals surface area contributed by atoms with Crippen LogP contribution in [0.4, 0.5) is 0 Å². The van der Waals surface area contributed by atoms with Crippen molar-refractivity contribution >= 4 is 5.97 Å². The van der Waals surface area contributed by atoms with Crippen molar-refractivity contribution in [2.45, 2.75) is 57.1 Å². The van der Waals surface area contributed by atoms with Gasteiger partial charge in [-0.05, 0) is 38.6 Å². The van der Waals surface area contributed by atoms with Crippen molar-refractivity contribution < 1.29 is 14.6 Å². The molecule has 0 heterocycles. The summed E-state index contributed by atoms with van der Waals surface area (Å²) in [4.78, 5) is 11.0. The molecule has 2 atom stereocenters. The highest BCUT2D eigenvalue weighted by Gasteiger charge is 2.37. The lowest BCUT2D eigenvalue weighted by Crippen LogP contribution is -2.51. The first kappa shape index (κ1) is 13.5. The highest BCUT2D eigenvalue weighted by atomic mass is 16.5. The zero-order valence-electron chi connectivity index (χ0n) is 10.3. The molecular weight excluding hydrogens is 206 g/mol. The van der Waals surface area contributed by atoms with Crippen molar-refractivity contribution in [3.8, 4) is 0 Å². The molecule has 0 aromatic heterocycles. The second kappa shape index (κ2) is 6.21. The highest BCUT2D eigenvalue weighted by Crippen LogP contribution is 2.32. The number of rotatable bonds is 6. The van der Waals surface area contributed by atoms with Crippen LogP contribution in [0.2, 0.25) is 0 Å². The van der Waals surface area contributed by atoms with E-state index < -0.39 is 5.97 Å². The summed E-state index contributed by atoms with van der Waals surface area (Å²) in [5.74, 6) is -0.722. The van der Waals surface area contributed by atoms with Gasteiger partial charge in [0.2, 0.25) is 0 Å². The minimum atomic E-state index is -0.722. The maximum Gasteiger partial charge on any atom is 0.305 e. The van der Waals surface area contributed by atoms with Crippen LogP contribution in [0.25, 0.3) is 0 Å². The fourth-order valence-electron chi connectivity index (χ4n) is 2.57. The van der Waals surface area contributed by atoms with Gasteiger partial charge in [-0.3, -0.25) is 4.79 Å². The zero-order valence-corrected chi connectivity index (χ0v) is 10.3. The molecule has 1 aliphatic carbocycles. The Kier molecular flexibility index (Phi) is 5.22. The lowest BCUT2D eigenvalue weighted by molar-refractivity contribution is -0.139. The molecule has 0 spiro atoms. The van der Waals surface area contributed by atoms with E-state index in [0.29, 0.717) is 0 Å². The number of carbonyl (C=O) groups is 1. The molecule has 0 amide bonds. The Balaban J connectivity index is 2.64. The molecule has 0 saturated heterocycles. The van der Waals surface area contributed by atoms with E-state index in [4.69, 9.17) is 9.84 Å². The quantitative estimate of drug-likeness (QED) is 0.729. The molecule has 4 nitrogen and oxygen atoms in total. The van der Waals surface area contributed by atoms with Crippen molar-refractivity contribution in [2.24, 2.45) is 0 Å². The first-order valence-corrected chi connectivity index (χ1v) is 6.11. The van der Waals surface area contributed by atoms with Gasteiger partial charge in [0, 0.05) is 12.6 Å². The molecule has 94 valence electrons. The summed E-state index contributed by atoms with van der Waals surface area (Å²) in [6, 6.07) is 0. The van der Waals surface area contributed by atoms with Crippen LogP contribution in [0, 0.1) is 0 Å². The Morgan fingerprint density at radius 2 is 2.38 bits per heavy atom. The first-order chi connectivity index (χ1) is 7.62. The van der Waals surface area contributed by atoms with Gasteiger partial charge in [0.15, 0.2) is 0 Å². The minimum Gasteiger partial charge on any atom is -0.481 e. The van der Waals surface area contributed by atoms with Crippen LogP contribution in [-0.2, 0) is 9.53 Å². The lowest BCUT2D eigenvalue weighted by atomic mass is 9.77. The Morgan fingerprint density at radius 3 is 2.94 bits per heavy atom. The van der Waals surface area contributed by atoms with E-state index in [9.17, 15) is 4.79 Å². The number of carboxylic acid groups (broad SMARTS) is 1. The number of hydrogen-bond donors (Lipinski definition) is 2. The summed E-state index contributed by atoms with van der Waals surface area (Å²) < 4.78 is 5.38. The summed E-state index contributed by atoms with van der Waals surface area (Å²) in [6.45, 7) is 2.97. The van der Waals surface area contributed by atoms with Crippen molar-refractivity contribution in [3.63, 3.8) is 0 Å². The van der Waals surface area contributed by atoms with Crippen LogP contribution in [0.1, 0.15) is 45.4 Å². The molecule has 0 bridgehead atoms. The fourth-order valence-corrected chi connectivity index (χ4v) is 2.57. The molecule has 2 unspecified atom stereocenters. The lowest BCUT2D eigenvalue weighted by Gasteiger charge is -2.40. The smallest absolute Gasteiger partial charge is 0.305 e. The van der Waals surface area contributed by atoms with Crippen molar-refractivity contribution in [2.75, 3.05) is 13.7 Å². The molecule has 1 fully saturated rings. The number of ether oxygens (including phenoxy) is 1. The molecule has 0 aromatic carbocycles. The maximum atomic E-state index is 11.0. The number of nitrogens with one attached hydrogen (secondary N) is 1. The Labute approximate surface area is 97.4 Å². The third-order valence-corrected chi connectivity index (χ3v) is 3.37. The molecule has 0 aliphatic heterocycles. The molecule has 1 saturated carbocycles. The van der Waals surface area contributed by atoms with Gasteiger partial charge < -0.3 is 15.2 Å². The van der Waals surface area contributed by atoms with Crippen LogP contribution < -0.4 is 5.32 Å². The first-order valence-electron chi connectivity index (χ1n) is 6.11. The highest BCUT2D eigenvalue weighted by molar-refractivity contribution is 5.68. The molecule has 0 radical (unpaired) electrons. The van der Waals surface area contributed by atoms with E-state index >= 15 is 0 Å². The van der Waals surface area contributed by atoms with Crippen molar-refractivity contribution in [3.05, 3.63) is 0 Å². The Hall–Kier alpha value is -0.610. The third kappa shape index (κ3) is 3.76. The van der Waals surface area contributed by atoms with E-state index in [2.05, 4.69) is 12.2 Å². The van der Waals surface area contributed by atoms with Crippen LogP contribution >= 0.6 is 0 Å². The summed E-state index contributed by atoms with van der Waals surface area (Å²) in [6.07, 6.45) is 5.28. The van der Waals surface area contributed by atoms with Gasteiger partial charge >= 0.3 is 5.97 Å².